The zero-order valence-corrected chi connectivity index (χ0v) is 16.1. The molecule has 27 heavy (non-hydrogen) atoms. The summed E-state index contributed by atoms with van der Waals surface area (Å²) in [7, 11) is 0. The first kappa shape index (κ1) is 19.4. The molecule has 2 aromatic carbocycles. The van der Waals surface area contributed by atoms with E-state index in [-0.39, 0.29) is 11.5 Å². The number of fused-ring (bicyclic) bond motifs is 1. The summed E-state index contributed by atoms with van der Waals surface area (Å²) in [5.41, 5.74) is 1.46. The monoisotopic (exact) mass is 403 g/mol. The molecule has 2 N–H and O–H groups in total. The molecule has 1 heterocycles. The van der Waals surface area contributed by atoms with Crippen LogP contribution in [0, 0.1) is 0 Å². The second-order valence-corrected chi connectivity index (χ2v) is 7.06. The lowest BCUT2D eigenvalue weighted by Crippen LogP contribution is -2.25. The van der Waals surface area contributed by atoms with Crippen molar-refractivity contribution >= 4 is 40.0 Å². The number of aromatic nitrogens is 2. The van der Waals surface area contributed by atoms with Crippen molar-refractivity contribution in [2.24, 2.45) is 0 Å². The van der Waals surface area contributed by atoms with Gasteiger partial charge in [0.15, 0.2) is 0 Å². The molecule has 0 aliphatic rings. The van der Waals surface area contributed by atoms with Gasteiger partial charge in [-0.1, -0.05) is 41.4 Å². The molecule has 1 amide bonds. The van der Waals surface area contributed by atoms with E-state index in [0.29, 0.717) is 59.0 Å². The molecule has 0 aliphatic heterocycles. The van der Waals surface area contributed by atoms with Crippen LogP contribution >= 0.6 is 23.2 Å². The van der Waals surface area contributed by atoms with E-state index in [1.165, 1.54) is 0 Å². The van der Waals surface area contributed by atoms with E-state index < -0.39 is 0 Å². The summed E-state index contributed by atoms with van der Waals surface area (Å²) in [6, 6.07) is 12.5. The van der Waals surface area contributed by atoms with Gasteiger partial charge in [-0.3, -0.25) is 9.59 Å². The predicted octanol–water partition coefficient (Wildman–Crippen LogP) is 3.91. The number of hydrogen-bond donors (Lipinski definition) is 2. The highest BCUT2D eigenvalue weighted by Gasteiger charge is 2.06. The number of hydrogen-bond acceptors (Lipinski definition) is 3. The third-order valence-electron chi connectivity index (χ3n) is 4.21. The highest BCUT2D eigenvalue weighted by molar-refractivity contribution is 6.35. The summed E-state index contributed by atoms with van der Waals surface area (Å²) in [5.74, 6) is 0.558. The number of aryl methyl sites for hydroxylation is 1. The van der Waals surface area contributed by atoms with Gasteiger partial charge in [-0.05, 0) is 42.7 Å². The Morgan fingerprint density at radius 1 is 1.11 bits per heavy atom. The summed E-state index contributed by atoms with van der Waals surface area (Å²) in [4.78, 5) is 31.2. The number of carbonyl (C=O) groups is 1. The normalized spacial score (nSPS) is 10.9. The van der Waals surface area contributed by atoms with Crippen LogP contribution in [0.1, 0.15) is 24.2 Å². The molecule has 0 spiro atoms. The fourth-order valence-electron chi connectivity index (χ4n) is 2.82. The largest absolute Gasteiger partial charge is 0.356 e. The van der Waals surface area contributed by atoms with Crippen molar-refractivity contribution in [3.63, 3.8) is 0 Å². The van der Waals surface area contributed by atoms with Crippen LogP contribution in [0.15, 0.2) is 47.3 Å². The molecule has 5 nitrogen and oxygen atoms in total. The molecular formula is C20H19Cl2N3O2. The van der Waals surface area contributed by atoms with Gasteiger partial charge < -0.3 is 10.3 Å². The number of aromatic amines is 1. The lowest BCUT2D eigenvalue weighted by molar-refractivity contribution is -0.121. The van der Waals surface area contributed by atoms with E-state index in [4.69, 9.17) is 23.2 Å². The molecule has 3 aromatic rings. The molecule has 0 unspecified atom stereocenters. The summed E-state index contributed by atoms with van der Waals surface area (Å²) in [5, 5.41) is 4.64. The Labute approximate surface area is 166 Å². The smallest absolute Gasteiger partial charge is 0.258 e. The first-order chi connectivity index (χ1) is 13.0. The van der Waals surface area contributed by atoms with Crippen molar-refractivity contribution < 1.29 is 4.79 Å². The first-order valence-corrected chi connectivity index (χ1v) is 9.47. The van der Waals surface area contributed by atoms with Crippen molar-refractivity contribution in [1.29, 1.82) is 0 Å². The highest BCUT2D eigenvalue weighted by atomic mass is 35.5. The summed E-state index contributed by atoms with van der Waals surface area (Å²) in [6.45, 7) is 0.505. The molecule has 0 bridgehead atoms. The molecule has 0 saturated heterocycles. The number of halogens is 2. The third-order valence-corrected chi connectivity index (χ3v) is 4.80. The summed E-state index contributed by atoms with van der Waals surface area (Å²) in [6.07, 6.45) is 2.15. The quantitative estimate of drug-likeness (QED) is 0.627. The molecule has 0 fully saturated rings. The first-order valence-electron chi connectivity index (χ1n) is 8.71. The SMILES string of the molecule is O=C(CCCc1nc2ccccc2c(=O)[nH]1)NCCc1ccc(Cl)cc1Cl. The second-order valence-electron chi connectivity index (χ2n) is 6.22. The minimum absolute atomic E-state index is 0.0387. The van der Waals surface area contributed by atoms with Crippen LogP contribution in [0.5, 0.6) is 0 Å². The van der Waals surface area contributed by atoms with Crippen molar-refractivity contribution in [2.45, 2.75) is 25.7 Å². The Bertz CT molecular complexity index is 1020. The lowest BCUT2D eigenvalue weighted by atomic mass is 10.1. The average Bonchev–Trinajstić information content (AvgIpc) is 2.64. The van der Waals surface area contributed by atoms with Crippen molar-refractivity contribution in [3.05, 3.63) is 74.3 Å². The van der Waals surface area contributed by atoms with Gasteiger partial charge >= 0.3 is 0 Å². The third kappa shape index (κ3) is 5.31. The van der Waals surface area contributed by atoms with Crippen molar-refractivity contribution in [1.82, 2.24) is 15.3 Å². The van der Waals surface area contributed by atoms with E-state index >= 15 is 0 Å². The van der Waals surface area contributed by atoms with E-state index in [9.17, 15) is 9.59 Å². The second kappa shape index (κ2) is 9.02. The van der Waals surface area contributed by atoms with E-state index in [1.807, 2.05) is 18.2 Å². The molecule has 0 saturated carbocycles. The van der Waals surface area contributed by atoms with E-state index in [1.54, 1.807) is 24.3 Å². The number of rotatable bonds is 7. The number of benzene rings is 2. The fourth-order valence-corrected chi connectivity index (χ4v) is 3.32. The molecule has 0 aliphatic carbocycles. The maximum atomic E-state index is 12.0. The molecule has 7 heteroatoms. The Kier molecular flexibility index (Phi) is 6.48. The van der Waals surface area contributed by atoms with Gasteiger partial charge in [0.05, 0.1) is 10.9 Å². The lowest BCUT2D eigenvalue weighted by Gasteiger charge is -2.07. The van der Waals surface area contributed by atoms with Gasteiger partial charge in [-0.25, -0.2) is 4.98 Å². The van der Waals surface area contributed by atoms with E-state index in [2.05, 4.69) is 15.3 Å². The van der Waals surface area contributed by atoms with Crippen molar-refractivity contribution in [2.75, 3.05) is 6.54 Å². The highest BCUT2D eigenvalue weighted by Crippen LogP contribution is 2.21. The summed E-state index contributed by atoms with van der Waals surface area (Å²) < 4.78 is 0. The van der Waals surface area contributed by atoms with Gasteiger partial charge in [0, 0.05) is 29.4 Å². The zero-order valence-electron chi connectivity index (χ0n) is 14.6. The Morgan fingerprint density at radius 3 is 2.74 bits per heavy atom. The van der Waals surface area contributed by atoms with Crippen LogP contribution in [0.25, 0.3) is 10.9 Å². The number of H-pyrrole nitrogens is 1. The minimum atomic E-state index is -0.153. The minimum Gasteiger partial charge on any atom is -0.356 e. The fraction of sp³-hybridized carbons (Fsp3) is 0.250. The molecular weight excluding hydrogens is 385 g/mol. The molecule has 140 valence electrons. The van der Waals surface area contributed by atoms with Crippen LogP contribution in [-0.2, 0) is 17.6 Å². The molecule has 3 rings (SSSR count). The molecule has 0 radical (unpaired) electrons. The number of amides is 1. The van der Waals surface area contributed by atoms with Crippen LogP contribution < -0.4 is 10.9 Å². The zero-order chi connectivity index (χ0) is 19.2. The van der Waals surface area contributed by atoms with Gasteiger partial charge in [-0.2, -0.15) is 0 Å². The van der Waals surface area contributed by atoms with Crippen LogP contribution in [0.4, 0.5) is 0 Å². The average molecular weight is 404 g/mol. The standard InChI is InChI=1S/C20H19Cl2N3O2/c21-14-9-8-13(16(22)12-14)10-11-23-19(26)7-3-6-18-24-17-5-2-1-4-15(17)20(27)25-18/h1-2,4-5,8-9,12H,3,6-7,10-11H2,(H,23,26)(H,24,25,27). The van der Waals surface area contributed by atoms with Crippen LogP contribution in [0.2, 0.25) is 10.0 Å². The van der Waals surface area contributed by atoms with Crippen molar-refractivity contribution in [3.8, 4) is 0 Å². The van der Waals surface area contributed by atoms with Gasteiger partial charge in [0.25, 0.3) is 5.56 Å². The topological polar surface area (TPSA) is 74.8 Å². The molecule has 0 atom stereocenters. The number of para-hydroxylation sites is 1. The molecule has 1 aromatic heterocycles. The van der Waals surface area contributed by atoms with Gasteiger partial charge in [0.2, 0.25) is 5.91 Å². The number of nitrogens with zero attached hydrogens (tertiary/aromatic N) is 1. The van der Waals surface area contributed by atoms with Crippen LogP contribution in [0.3, 0.4) is 0 Å². The Morgan fingerprint density at radius 2 is 1.93 bits per heavy atom. The Balaban J connectivity index is 1.45. The summed E-state index contributed by atoms with van der Waals surface area (Å²) >= 11 is 12.0. The van der Waals surface area contributed by atoms with Gasteiger partial charge in [0.1, 0.15) is 5.82 Å². The maximum Gasteiger partial charge on any atom is 0.258 e. The predicted molar refractivity (Wildman–Crippen MR) is 108 cm³/mol. The number of carbonyl (C=O) groups excluding carboxylic acids is 1. The van der Waals surface area contributed by atoms with Crippen LogP contribution in [-0.4, -0.2) is 22.4 Å². The van der Waals surface area contributed by atoms with E-state index in [0.717, 1.165) is 5.56 Å². The Hall–Kier alpha value is -2.37. The maximum absolute atomic E-state index is 12.0. The number of nitrogens with one attached hydrogen (secondary N) is 2. The van der Waals surface area contributed by atoms with Gasteiger partial charge in [-0.15, -0.1) is 0 Å².